The van der Waals surface area contributed by atoms with Gasteiger partial charge in [0.2, 0.25) is 5.78 Å². The molecule has 21 heavy (non-hydrogen) atoms. The third-order valence-electron chi connectivity index (χ3n) is 3.02. The number of carbonyl (C=O) groups is 1. The topological polar surface area (TPSA) is 26.3 Å². The van der Waals surface area contributed by atoms with E-state index < -0.39 is 11.9 Å². The van der Waals surface area contributed by atoms with Gasteiger partial charge in [0.25, 0.3) is 0 Å². The predicted octanol–water partition coefficient (Wildman–Crippen LogP) is 5.09. The molecule has 0 aliphatic carbocycles. The molecule has 0 aliphatic rings. The summed E-state index contributed by atoms with van der Waals surface area (Å²) >= 11 is 11.8. The lowest BCUT2D eigenvalue weighted by Gasteiger charge is -2.16. The number of ketones is 1. The second kappa shape index (κ2) is 6.46. The summed E-state index contributed by atoms with van der Waals surface area (Å²) in [7, 11) is 0. The minimum Gasteiger partial charge on any atom is -0.482 e. The molecule has 0 N–H and O–H groups in total. The Morgan fingerprint density at radius 3 is 2.57 bits per heavy atom. The second-order valence-electron chi connectivity index (χ2n) is 4.66. The number of rotatable bonds is 4. The molecule has 2 nitrogen and oxygen atoms in total. The normalized spacial score (nSPS) is 12.0. The lowest BCUT2D eigenvalue weighted by atomic mass is 10.1. The quantitative estimate of drug-likeness (QED) is 0.731. The number of benzene rings is 2. The van der Waals surface area contributed by atoms with Gasteiger partial charge in [0.1, 0.15) is 11.6 Å². The number of hydrogen-bond donors (Lipinski definition) is 0. The van der Waals surface area contributed by atoms with Crippen molar-refractivity contribution >= 4 is 29.0 Å². The van der Waals surface area contributed by atoms with Crippen LogP contribution in [-0.2, 0) is 0 Å². The highest BCUT2D eigenvalue weighted by Gasteiger charge is 2.20. The molecule has 110 valence electrons. The van der Waals surface area contributed by atoms with Crippen molar-refractivity contribution in [2.45, 2.75) is 20.0 Å². The van der Waals surface area contributed by atoms with Crippen LogP contribution in [0.2, 0.25) is 10.0 Å². The molecule has 0 radical (unpaired) electrons. The van der Waals surface area contributed by atoms with E-state index in [1.165, 1.54) is 18.2 Å². The van der Waals surface area contributed by atoms with Crippen molar-refractivity contribution in [3.63, 3.8) is 0 Å². The van der Waals surface area contributed by atoms with Crippen molar-refractivity contribution in [3.8, 4) is 5.75 Å². The van der Waals surface area contributed by atoms with Gasteiger partial charge in [-0.05, 0) is 43.7 Å². The molecule has 0 heterocycles. The van der Waals surface area contributed by atoms with Gasteiger partial charge in [-0.15, -0.1) is 0 Å². The van der Waals surface area contributed by atoms with Crippen LogP contribution >= 0.6 is 23.2 Å². The Bertz CT molecular complexity index is 686. The van der Waals surface area contributed by atoms with Crippen LogP contribution < -0.4 is 4.74 Å². The lowest BCUT2D eigenvalue weighted by molar-refractivity contribution is 0.0817. The Morgan fingerprint density at radius 1 is 1.19 bits per heavy atom. The summed E-state index contributed by atoms with van der Waals surface area (Å²) < 4.78 is 18.8. The van der Waals surface area contributed by atoms with E-state index in [1.807, 2.05) is 0 Å². The maximum Gasteiger partial charge on any atom is 0.204 e. The number of halogens is 3. The van der Waals surface area contributed by atoms with Crippen LogP contribution in [0.1, 0.15) is 22.8 Å². The van der Waals surface area contributed by atoms with E-state index in [1.54, 1.807) is 32.0 Å². The van der Waals surface area contributed by atoms with Gasteiger partial charge < -0.3 is 4.74 Å². The second-order valence-corrected chi connectivity index (χ2v) is 5.50. The minimum atomic E-state index is -0.788. The Labute approximate surface area is 132 Å². The first-order valence-electron chi connectivity index (χ1n) is 6.30. The summed E-state index contributed by atoms with van der Waals surface area (Å²) in [6.07, 6.45) is -0.788. The summed E-state index contributed by atoms with van der Waals surface area (Å²) in [5.41, 5.74) is 1.07. The fourth-order valence-corrected chi connectivity index (χ4v) is 2.35. The summed E-state index contributed by atoms with van der Waals surface area (Å²) in [6.45, 7) is 3.37. The Hall–Kier alpha value is -1.58. The van der Waals surface area contributed by atoms with E-state index in [2.05, 4.69) is 0 Å². The monoisotopic (exact) mass is 326 g/mol. The number of aryl methyl sites for hydroxylation is 1. The van der Waals surface area contributed by atoms with Crippen LogP contribution in [0.3, 0.4) is 0 Å². The van der Waals surface area contributed by atoms with Gasteiger partial charge in [-0.25, -0.2) is 4.39 Å². The van der Waals surface area contributed by atoms with Gasteiger partial charge in [0.15, 0.2) is 6.10 Å². The molecule has 0 saturated carbocycles. The smallest absolute Gasteiger partial charge is 0.204 e. The van der Waals surface area contributed by atoms with Gasteiger partial charge in [-0.2, -0.15) is 0 Å². The maximum absolute atomic E-state index is 13.2. The third-order valence-corrected chi connectivity index (χ3v) is 3.57. The fourth-order valence-electron chi connectivity index (χ4n) is 1.85. The Kier molecular flexibility index (Phi) is 4.86. The highest BCUT2D eigenvalue weighted by Crippen LogP contribution is 2.25. The summed E-state index contributed by atoms with van der Waals surface area (Å²) in [6, 6.07) is 8.81. The van der Waals surface area contributed by atoms with E-state index >= 15 is 0 Å². The van der Waals surface area contributed by atoms with Gasteiger partial charge in [0.05, 0.1) is 5.02 Å². The van der Waals surface area contributed by atoms with E-state index in [-0.39, 0.29) is 10.8 Å². The number of Topliss-reactive ketones (excluding diaryl/α,β-unsaturated/α-hetero) is 1. The molecule has 0 amide bonds. The first-order chi connectivity index (χ1) is 9.88. The predicted molar refractivity (Wildman–Crippen MR) is 82.0 cm³/mol. The van der Waals surface area contributed by atoms with E-state index in [4.69, 9.17) is 27.9 Å². The van der Waals surface area contributed by atoms with Gasteiger partial charge in [0, 0.05) is 16.7 Å². The average Bonchev–Trinajstić information content (AvgIpc) is 2.42. The molecular weight excluding hydrogens is 314 g/mol. The largest absolute Gasteiger partial charge is 0.482 e. The zero-order valence-corrected chi connectivity index (χ0v) is 13.0. The lowest BCUT2D eigenvalue weighted by Crippen LogP contribution is -2.24. The molecular formula is C16H13Cl2FO2. The zero-order valence-electron chi connectivity index (χ0n) is 11.5. The summed E-state index contributed by atoms with van der Waals surface area (Å²) in [5, 5.41) is 0.713. The highest BCUT2D eigenvalue weighted by molar-refractivity contribution is 6.37. The average molecular weight is 327 g/mol. The van der Waals surface area contributed by atoms with Crippen LogP contribution in [0.15, 0.2) is 36.4 Å². The van der Waals surface area contributed by atoms with Crippen LogP contribution in [0, 0.1) is 12.7 Å². The number of ether oxygens (including phenoxy) is 1. The Balaban J connectivity index is 2.21. The molecule has 2 rings (SSSR count). The van der Waals surface area contributed by atoms with Crippen molar-refractivity contribution in [3.05, 3.63) is 63.4 Å². The molecule has 2 aromatic carbocycles. The highest BCUT2D eigenvalue weighted by atomic mass is 35.5. The minimum absolute atomic E-state index is 0.263. The van der Waals surface area contributed by atoms with Crippen molar-refractivity contribution < 1.29 is 13.9 Å². The number of hydrogen-bond acceptors (Lipinski definition) is 2. The van der Waals surface area contributed by atoms with Gasteiger partial charge in [-0.3, -0.25) is 4.79 Å². The molecule has 1 atom stereocenters. The van der Waals surface area contributed by atoms with Crippen molar-refractivity contribution in [2.24, 2.45) is 0 Å². The SMILES string of the molecule is Cc1ccc(F)cc1OC(C)C(=O)c1ccc(Cl)cc1Cl. The fraction of sp³-hybridized carbons (Fsp3) is 0.188. The molecule has 0 aliphatic heterocycles. The molecule has 5 heteroatoms. The summed E-state index contributed by atoms with van der Waals surface area (Å²) in [4.78, 5) is 12.3. The molecule has 0 aromatic heterocycles. The molecule has 0 saturated heterocycles. The van der Waals surface area contributed by atoms with Crippen LogP contribution in [0.25, 0.3) is 0 Å². The van der Waals surface area contributed by atoms with E-state index in [0.717, 1.165) is 5.56 Å². The Morgan fingerprint density at radius 2 is 1.90 bits per heavy atom. The van der Waals surface area contributed by atoms with E-state index in [0.29, 0.717) is 16.3 Å². The first-order valence-corrected chi connectivity index (χ1v) is 7.06. The molecule has 2 aromatic rings. The third kappa shape index (κ3) is 3.74. The van der Waals surface area contributed by atoms with Crippen LogP contribution in [-0.4, -0.2) is 11.9 Å². The van der Waals surface area contributed by atoms with Gasteiger partial charge in [-0.1, -0.05) is 29.3 Å². The standard InChI is InChI=1S/C16H13Cl2FO2/c1-9-3-5-12(19)8-15(9)21-10(2)16(20)13-6-4-11(17)7-14(13)18/h3-8,10H,1-2H3. The zero-order chi connectivity index (χ0) is 15.6. The van der Waals surface area contributed by atoms with E-state index in [9.17, 15) is 9.18 Å². The first kappa shape index (κ1) is 15.8. The van der Waals surface area contributed by atoms with Gasteiger partial charge >= 0.3 is 0 Å². The maximum atomic E-state index is 13.2. The van der Waals surface area contributed by atoms with Crippen LogP contribution in [0.4, 0.5) is 4.39 Å². The molecule has 1 unspecified atom stereocenters. The summed E-state index contributed by atoms with van der Waals surface area (Å²) in [5.74, 6) is -0.374. The van der Waals surface area contributed by atoms with Crippen molar-refractivity contribution in [2.75, 3.05) is 0 Å². The molecule has 0 spiro atoms. The molecule has 0 fully saturated rings. The molecule has 0 bridgehead atoms. The van der Waals surface area contributed by atoms with Crippen LogP contribution in [0.5, 0.6) is 5.75 Å². The van der Waals surface area contributed by atoms with Crippen molar-refractivity contribution in [1.82, 2.24) is 0 Å². The van der Waals surface area contributed by atoms with Crippen molar-refractivity contribution in [1.29, 1.82) is 0 Å². The number of carbonyl (C=O) groups excluding carboxylic acids is 1.